The van der Waals surface area contributed by atoms with E-state index in [4.69, 9.17) is 11.5 Å². The highest BCUT2D eigenvalue weighted by Gasteiger charge is 2.33. The topological polar surface area (TPSA) is 101 Å². The van der Waals surface area contributed by atoms with Crippen LogP contribution >= 0.6 is 24.8 Å². The highest BCUT2D eigenvalue weighted by atomic mass is 35.5. The zero-order valence-electron chi connectivity index (χ0n) is 17.5. The van der Waals surface area contributed by atoms with Crippen molar-refractivity contribution in [3.63, 3.8) is 0 Å². The number of benzene rings is 2. The first-order valence-corrected chi connectivity index (χ1v) is 9.63. The van der Waals surface area contributed by atoms with E-state index in [2.05, 4.69) is 5.32 Å². The summed E-state index contributed by atoms with van der Waals surface area (Å²) in [6, 6.07) is 17.3. The molecule has 0 aliphatic carbocycles. The number of anilines is 2. The van der Waals surface area contributed by atoms with Crippen LogP contribution < -0.4 is 21.7 Å². The number of amides is 2. The predicted octanol–water partition coefficient (Wildman–Crippen LogP) is 3.73. The van der Waals surface area contributed by atoms with Crippen LogP contribution in [0, 0.1) is 5.41 Å². The number of hydrogen-bond acceptors (Lipinski definition) is 4. The summed E-state index contributed by atoms with van der Waals surface area (Å²) in [7, 11) is 0. The monoisotopic (exact) mass is 454 g/mol. The molecule has 2 rings (SSSR count). The van der Waals surface area contributed by atoms with Crippen molar-refractivity contribution >= 4 is 48.0 Å². The maximum absolute atomic E-state index is 12.8. The molecule has 0 spiro atoms. The first kappa shape index (κ1) is 27.7. The molecular formula is C22H32Cl2N4O2. The van der Waals surface area contributed by atoms with Crippen LogP contribution in [-0.4, -0.2) is 24.9 Å². The molecule has 0 aliphatic rings. The highest BCUT2D eigenvalue weighted by Crippen LogP contribution is 2.28. The Morgan fingerprint density at radius 3 is 2.17 bits per heavy atom. The van der Waals surface area contributed by atoms with E-state index in [1.165, 1.54) is 0 Å². The molecule has 166 valence electrons. The average molecular weight is 455 g/mol. The fourth-order valence-corrected chi connectivity index (χ4v) is 3.23. The molecule has 0 heterocycles. The number of rotatable bonds is 10. The van der Waals surface area contributed by atoms with Gasteiger partial charge in [-0.05, 0) is 36.6 Å². The van der Waals surface area contributed by atoms with E-state index in [1.54, 1.807) is 0 Å². The Morgan fingerprint density at radius 2 is 1.63 bits per heavy atom. The summed E-state index contributed by atoms with van der Waals surface area (Å²) in [4.78, 5) is 26.3. The normalized spacial score (nSPS) is 10.4. The zero-order chi connectivity index (χ0) is 20.6. The number of carbonyl (C=O) groups is 2. The Labute approximate surface area is 191 Å². The predicted molar refractivity (Wildman–Crippen MR) is 128 cm³/mol. The molecule has 0 aromatic heterocycles. The molecule has 30 heavy (non-hydrogen) atoms. The van der Waals surface area contributed by atoms with E-state index in [0.29, 0.717) is 31.6 Å². The van der Waals surface area contributed by atoms with E-state index >= 15 is 0 Å². The number of carbonyl (C=O) groups excluding carboxylic acids is 2. The first-order chi connectivity index (χ1) is 13.4. The molecule has 0 saturated heterocycles. The summed E-state index contributed by atoms with van der Waals surface area (Å²) in [5.74, 6) is -0.494. The van der Waals surface area contributed by atoms with Crippen molar-refractivity contribution in [2.24, 2.45) is 16.9 Å². The minimum absolute atomic E-state index is 0. The summed E-state index contributed by atoms with van der Waals surface area (Å²) in [6.07, 6.45) is 1.35. The third kappa shape index (κ3) is 7.20. The van der Waals surface area contributed by atoms with Gasteiger partial charge in [-0.15, -0.1) is 24.8 Å². The van der Waals surface area contributed by atoms with Gasteiger partial charge >= 0.3 is 0 Å². The maximum atomic E-state index is 12.8. The van der Waals surface area contributed by atoms with Crippen molar-refractivity contribution in [2.45, 2.75) is 33.2 Å². The molecule has 2 aromatic carbocycles. The Balaban J connectivity index is 0.00000420. The summed E-state index contributed by atoms with van der Waals surface area (Å²) in [5, 5.41) is 2.99. The molecule has 2 amide bonds. The second kappa shape index (κ2) is 13.1. The largest absolute Gasteiger partial charge is 0.368 e. The van der Waals surface area contributed by atoms with Gasteiger partial charge in [0.05, 0.1) is 12.0 Å². The summed E-state index contributed by atoms with van der Waals surface area (Å²) < 4.78 is 0. The van der Waals surface area contributed by atoms with Crippen molar-refractivity contribution in [3.8, 4) is 0 Å². The van der Waals surface area contributed by atoms with Crippen molar-refractivity contribution in [3.05, 3.63) is 60.2 Å². The van der Waals surface area contributed by atoms with Gasteiger partial charge in [-0.1, -0.05) is 50.2 Å². The van der Waals surface area contributed by atoms with Gasteiger partial charge in [0.2, 0.25) is 11.8 Å². The smallest absolute Gasteiger partial charge is 0.236 e. The fourth-order valence-electron chi connectivity index (χ4n) is 3.23. The summed E-state index contributed by atoms with van der Waals surface area (Å²) in [6.45, 7) is 4.87. The molecule has 6 nitrogen and oxygen atoms in total. The molecular weight excluding hydrogens is 423 g/mol. The van der Waals surface area contributed by atoms with Crippen LogP contribution in [0.3, 0.4) is 0 Å². The lowest BCUT2D eigenvalue weighted by atomic mass is 9.81. The van der Waals surface area contributed by atoms with E-state index in [-0.39, 0.29) is 37.3 Å². The Bertz CT molecular complexity index is 790. The van der Waals surface area contributed by atoms with Crippen LogP contribution in [0.15, 0.2) is 54.6 Å². The quantitative estimate of drug-likeness (QED) is 0.508. The summed E-state index contributed by atoms with van der Waals surface area (Å²) >= 11 is 0. The molecule has 0 radical (unpaired) electrons. The number of nitrogens with zero attached hydrogens (tertiary/aromatic N) is 1. The van der Waals surface area contributed by atoms with E-state index in [0.717, 1.165) is 11.3 Å². The van der Waals surface area contributed by atoms with Gasteiger partial charge < -0.3 is 21.7 Å². The van der Waals surface area contributed by atoms with Crippen LogP contribution in [-0.2, 0) is 16.1 Å². The molecule has 0 fully saturated rings. The second-order valence-electron chi connectivity index (χ2n) is 7.00. The van der Waals surface area contributed by atoms with Gasteiger partial charge in [0.1, 0.15) is 0 Å². The molecule has 5 N–H and O–H groups in total. The van der Waals surface area contributed by atoms with E-state index in [9.17, 15) is 9.59 Å². The number of halogens is 2. The minimum Gasteiger partial charge on any atom is -0.368 e. The number of nitrogens with one attached hydrogen (secondary N) is 1. The Morgan fingerprint density at radius 1 is 1.00 bits per heavy atom. The number of nitrogens with two attached hydrogens (primary N) is 2. The van der Waals surface area contributed by atoms with Crippen LogP contribution in [0.1, 0.15) is 32.3 Å². The van der Waals surface area contributed by atoms with Crippen LogP contribution in [0.5, 0.6) is 0 Å². The van der Waals surface area contributed by atoms with Gasteiger partial charge in [0, 0.05) is 24.5 Å². The fraction of sp³-hybridized carbons (Fsp3) is 0.364. The lowest BCUT2D eigenvalue weighted by Crippen LogP contribution is -2.41. The second-order valence-corrected chi connectivity index (χ2v) is 7.00. The molecule has 8 heteroatoms. The summed E-state index contributed by atoms with van der Waals surface area (Å²) in [5.41, 5.74) is 13.3. The van der Waals surface area contributed by atoms with Crippen LogP contribution in [0.2, 0.25) is 0 Å². The third-order valence-corrected chi connectivity index (χ3v) is 5.26. The molecule has 2 aromatic rings. The third-order valence-electron chi connectivity index (χ3n) is 5.26. The minimum atomic E-state index is -0.576. The SMILES string of the molecule is CCC(CC)(CN)C(=O)Nc1cccc(N(CC(N)=O)Cc2ccccc2)c1.Cl.Cl. The zero-order valence-corrected chi connectivity index (χ0v) is 19.1. The lowest BCUT2D eigenvalue weighted by Gasteiger charge is -2.29. The van der Waals surface area contributed by atoms with Crippen molar-refractivity contribution in [1.82, 2.24) is 0 Å². The van der Waals surface area contributed by atoms with Crippen LogP contribution in [0.25, 0.3) is 0 Å². The van der Waals surface area contributed by atoms with E-state index in [1.807, 2.05) is 73.3 Å². The van der Waals surface area contributed by atoms with Gasteiger partial charge in [0.15, 0.2) is 0 Å². The Hall–Kier alpha value is -2.28. The molecule has 0 unspecified atom stereocenters. The van der Waals surface area contributed by atoms with Crippen LogP contribution in [0.4, 0.5) is 11.4 Å². The molecule has 0 aliphatic heterocycles. The average Bonchev–Trinajstić information content (AvgIpc) is 2.70. The van der Waals surface area contributed by atoms with Gasteiger partial charge in [-0.3, -0.25) is 9.59 Å². The standard InChI is InChI=1S/C22H30N4O2.2ClH/c1-3-22(4-2,16-23)21(28)25-18-11-8-12-19(13-18)26(15-20(24)27)14-17-9-6-5-7-10-17;;/h5-13H,3-4,14-16,23H2,1-2H3,(H2,24,27)(H,25,28);2*1H. The molecule has 0 saturated carbocycles. The van der Waals surface area contributed by atoms with Gasteiger partial charge in [-0.25, -0.2) is 0 Å². The van der Waals surface area contributed by atoms with E-state index < -0.39 is 11.3 Å². The highest BCUT2D eigenvalue weighted by molar-refractivity contribution is 5.96. The number of hydrogen-bond donors (Lipinski definition) is 3. The van der Waals surface area contributed by atoms with Gasteiger partial charge in [0.25, 0.3) is 0 Å². The van der Waals surface area contributed by atoms with Crippen molar-refractivity contribution in [1.29, 1.82) is 0 Å². The number of primary amides is 1. The maximum Gasteiger partial charge on any atom is 0.236 e. The van der Waals surface area contributed by atoms with Gasteiger partial charge in [-0.2, -0.15) is 0 Å². The molecule has 0 atom stereocenters. The lowest BCUT2D eigenvalue weighted by molar-refractivity contribution is -0.125. The van der Waals surface area contributed by atoms with Crippen molar-refractivity contribution < 1.29 is 9.59 Å². The first-order valence-electron chi connectivity index (χ1n) is 9.63. The van der Waals surface area contributed by atoms with Crippen molar-refractivity contribution in [2.75, 3.05) is 23.3 Å². The molecule has 0 bridgehead atoms. The Kier molecular flexibility index (Phi) is 12.1.